The summed E-state index contributed by atoms with van der Waals surface area (Å²) in [6.45, 7) is 0. The topological polar surface area (TPSA) is 185 Å². The van der Waals surface area contributed by atoms with Crippen LogP contribution in [0.25, 0.3) is 11.2 Å². The van der Waals surface area contributed by atoms with Crippen LogP contribution in [0.1, 0.15) is 12.6 Å². The molecule has 1 aliphatic rings. The van der Waals surface area contributed by atoms with Gasteiger partial charge in [0.2, 0.25) is 0 Å². The first-order valence-electron chi connectivity index (χ1n) is 8.29. The van der Waals surface area contributed by atoms with E-state index in [2.05, 4.69) is 15.0 Å². The third-order valence-corrected chi connectivity index (χ3v) is 8.37. The molecule has 0 radical (unpaired) electrons. The summed E-state index contributed by atoms with van der Waals surface area (Å²) < 4.78 is 7.42. The van der Waals surface area contributed by atoms with Gasteiger partial charge < -0.3 is 0 Å². The van der Waals surface area contributed by atoms with Crippen molar-refractivity contribution >= 4 is 36.9 Å². The molecule has 148 valence electrons. The van der Waals surface area contributed by atoms with Crippen molar-refractivity contribution in [1.82, 2.24) is 19.5 Å². The summed E-state index contributed by atoms with van der Waals surface area (Å²) in [4.78, 5) is 22.9. The number of hydrogen-bond donors (Lipinski definition) is 4. The fourth-order valence-electron chi connectivity index (χ4n) is 2.96. The maximum atomic E-state index is 10.7. The van der Waals surface area contributed by atoms with E-state index in [-0.39, 0.29) is 5.82 Å². The number of aliphatic carboxylic acids is 1. The molecule has 6 atom stereocenters. The van der Waals surface area contributed by atoms with Gasteiger partial charge in [0.05, 0.1) is 0 Å². The second kappa shape index (κ2) is 8.05. The van der Waals surface area contributed by atoms with Crippen LogP contribution in [0, 0.1) is 0 Å². The quantitative estimate of drug-likeness (QED) is 0.335. The number of carboxylic acid groups (broad SMARTS) is 1. The van der Waals surface area contributed by atoms with Crippen LogP contribution < -0.4 is 16.6 Å². The summed E-state index contributed by atoms with van der Waals surface area (Å²) in [6, 6.07) is -0.994. The number of imidazole rings is 1. The van der Waals surface area contributed by atoms with Crippen LogP contribution in [-0.2, 0) is 9.53 Å². The Hall–Kier alpha value is -1.82. The standard InChI is InChI=1S/C15H22N6O5Se/c1-27(3-2-7(16)15(24)25)4-8-10(22)11(23)14(26-8)21-6-20-9-12(17)18-5-19-13(9)21/h5-8,10-11,14,22-23H,2-4,16H2,1H3,(H2-,17,18,19,24,25)/t7?,8-,10-,11-,14-,27?/m1/s1. The van der Waals surface area contributed by atoms with Crippen LogP contribution in [0.2, 0.25) is 16.5 Å². The SMILES string of the molecule is C[Se+](CCC(N)C(=O)[O-])C[C@H]1O[C@@H](n2cnc3c(N)ncnc32)[C@H](O)[C@@H]1O. The summed E-state index contributed by atoms with van der Waals surface area (Å²) in [5, 5.41) is 32.8. The van der Waals surface area contributed by atoms with Crippen LogP contribution in [0.4, 0.5) is 5.82 Å². The van der Waals surface area contributed by atoms with Gasteiger partial charge in [-0.2, -0.15) is 0 Å². The van der Waals surface area contributed by atoms with E-state index in [1.807, 2.05) is 5.82 Å². The average molecular weight is 445 g/mol. The van der Waals surface area contributed by atoms with Gasteiger partial charge in [-0.25, -0.2) is 0 Å². The molecule has 2 aromatic rings. The third-order valence-electron chi connectivity index (χ3n) is 4.53. The molecule has 1 aliphatic heterocycles. The molecular weight excluding hydrogens is 423 g/mol. The van der Waals surface area contributed by atoms with E-state index in [4.69, 9.17) is 16.2 Å². The molecule has 0 aliphatic carbocycles. The van der Waals surface area contributed by atoms with Crippen molar-refractivity contribution in [3.63, 3.8) is 0 Å². The van der Waals surface area contributed by atoms with E-state index in [9.17, 15) is 20.1 Å². The van der Waals surface area contributed by atoms with Crippen molar-refractivity contribution in [2.45, 2.75) is 53.5 Å². The maximum absolute atomic E-state index is 10.7. The van der Waals surface area contributed by atoms with Gasteiger partial charge in [-0.15, -0.1) is 0 Å². The second-order valence-electron chi connectivity index (χ2n) is 6.50. The molecule has 2 aromatic heterocycles. The molecule has 6 N–H and O–H groups in total. The second-order valence-corrected chi connectivity index (χ2v) is 11.3. The van der Waals surface area contributed by atoms with Crippen molar-refractivity contribution < 1.29 is 24.9 Å². The number of anilines is 1. The van der Waals surface area contributed by atoms with Crippen LogP contribution in [0.15, 0.2) is 12.7 Å². The van der Waals surface area contributed by atoms with Crippen molar-refractivity contribution in [2.24, 2.45) is 5.73 Å². The number of nitrogens with zero attached hydrogens (tertiary/aromatic N) is 4. The normalized spacial score (nSPS) is 27.7. The Labute approximate surface area is 159 Å². The molecule has 0 aromatic carbocycles. The Balaban J connectivity index is 1.68. The number of rotatable bonds is 7. The molecule has 3 rings (SSSR count). The van der Waals surface area contributed by atoms with E-state index in [0.717, 1.165) is 0 Å². The van der Waals surface area contributed by atoms with E-state index in [0.29, 0.717) is 28.2 Å². The fourth-order valence-corrected chi connectivity index (χ4v) is 6.44. The van der Waals surface area contributed by atoms with Crippen molar-refractivity contribution in [1.29, 1.82) is 0 Å². The third kappa shape index (κ3) is 4.05. The first kappa shape index (κ1) is 19.9. The van der Waals surface area contributed by atoms with E-state index >= 15 is 0 Å². The van der Waals surface area contributed by atoms with Crippen molar-refractivity contribution in [2.75, 3.05) is 5.73 Å². The number of hydrogen-bond acceptors (Lipinski definition) is 10. The summed E-state index contributed by atoms with van der Waals surface area (Å²) in [5.74, 6) is 0.973. The number of nitrogen functional groups attached to an aromatic ring is 1. The van der Waals surface area contributed by atoms with Crippen LogP contribution >= 0.6 is 0 Å². The van der Waals surface area contributed by atoms with Gasteiger partial charge in [0.25, 0.3) is 0 Å². The minimum atomic E-state index is -1.28. The number of carboxylic acids is 1. The molecule has 0 spiro atoms. The molecular formula is C15H22N6O5Se. The van der Waals surface area contributed by atoms with E-state index in [1.54, 1.807) is 0 Å². The minimum absolute atomic E-state index is 0.216. The van der Waals surface area contributed by atoms with Crippen molar-refractivity contribution in [3.05, 3.63) is 12.7 Å². The molecule has 11 nitrogen and oxygen atoms in total. The Morgan fingerprint density at radius 3 is 2.85 bits per heavy atom. The van der Waals surface area contributed by atoms with Gasteiger partial charge in [-0.05, 0) is 0 Å². The fraction of sp³-hybridized carbons (Fsp3) is 0.600. The molecule has 12 heteroatoms. The van der Waals surface area contributed by atoms with Gasteiger partial charge in [-0.3, -0.25) is 0 Å². The number of aliphatic hydroxyl groups excluding tert-OH is 2. The molecule has 3 heterocycles. The number of fused-ring (bicyclic) bond motifs is 1. The number of aromatic nitrogens is 4. The number of ether oxygens (including phenoxy) is 1. The Morgan fingerprint density at radius 1 is 1.41 bits per heavy atom. The molecule has 0 amide bonds. The number of aliphatic hydroxyl groups is 2. The zero-order valence-electron chi connectivity index (χ0n) is 14.6. The zero-order chi connectivity index (χ0) is 19.7. The first-order valence-corrected chi connectivity index (χ1v) is 12.4. The predicted octanol–water partition coefficient (Wildman–Crippen LogP) is -2.38. The number of nitrogens with two attached hydrogens (primary N) is 2. The van der Waals surface area contributed by atoms with Gasteiger partial charge in [0.15, 0.2) is 0 Å². The summed E-state index contributed by atoms with van der Waals surface area (Å²) >= 11 is -1.28. The van der Waals surface area contributed by atoms with Crippen LogP contribution in [0.3, 0.4) is 0 Å². The Morgan fingerprint density at radius 2 is 2.15 bits per heavy atom. The van der Waals surface area contributed by atoms with Gasteiger partial charge in [0, 0.05) is 0 Å². The summed E-state index contributed by atoms with van der Waals surface area (Å²) in [5.41, 5.74) is 12.0. The average Bonchev–Trinajstić information content (AvgIpc) is 3.17. The number of carbonyl (C=O) groups excluding carboxylic acids is 1. The molecule has 27 heavy (non-hydrogen) atoms. The summed E-state index contributed by atoms with van der Waals surface area (Å²) in [6.07, 6.45) is -0.609. The molecule has 1 fully saturated rings. The monoisotopic (exact) mass is 446 g/mol. The zero-order valence-corrected chi connectivity index (χ0v) is 16.3. The van der Waals surface area contributed by atoms with Crippen LogP contribution in [-0.4, -0.2) is 74.0 Å². The molecule has 0 saturated carbocycles. The number of carbonyl (C=O) groups is 1. The van der Waals surface area contributed by atoms with E-state index in [1.165, 1.54) is 17.2 Å². The molecule has 0 bridgehead atoms. The Kier molecular flexibility index (Phi) is 5.94. The first-order chi connectivity index (χ1) is 12.8. The summed E-state index contributed by atoms with van der Waals surface area (Å²) in [7, 11) is 0. The van der Waals surface area contributed by atoms with Crippen molar-refractivity contribution in [3.8, 4) is 0 Å². The van der Waals surface area contributed by atoms with Gasteiger partial charge in [-0.1, -0.05) is 0 Å². The predicted molar refractivity (Wildman–Crippen MR) is 94.5 cm³/mol. The Bertz CT molecular complexity index is 819. The van der Waals surface area contributed by atoms with Gasteiger partial charge >= 0.3 is 159 Å². The molecule has 2 unspecified atom stereocenters. The molecule has 1 saturated heterocycles. The van der Waals surface area contributed by atoms with Crippen LogP contribution in [0.5, 0.6) is 0 Å². The van der Waals surface area contributed by atoms with Gasteiger partial charge in [0.1, 0.15) is 0 Å². The van der Waals surface area contributed by atoms with E-state index < -0.39 is 50.5 Å².